The molecule has 0 saturated carbocycles. The van der Waals surface area contributed by atoms with Crippen molar-refractivity contribution in [2.75, 3.05) is 19.8 Å². The van der Waals surface area contributed by atoms with E-state index >= 15 is 0 Å². The first-order valence-electron chi connectivity index (χ1n) is 7.32. The molecule has 2 aliphatic rings. The molecule has 3 heteroatoms. The van der Waals surface area contributed by atoms with E-state index in [0.29, 0.717) is 11.8 Å². The molecule has 0 spiro atoms. The summed E-state index contributed by atoms with van der Waals surface area (Å²) in [5.41, 5.74) is 1.26. The van der Waals surface area contributed by atoms with Crippen LogP contribution in [0.1, 0.15) is 37.2 Å². The van der Waals surface area contributed by atoms with Crippen molar-refractivity contribution in [2.45, 2.75) is 37.7 Å². The smallest absolute Gasteiger partial charge is 0.122 e. The van der Waals surface area contributed by atoms with E-state index in [1.54, 1.807) is 0 Å². The summed E-state index contributed by atoms with van der Waals surface area (Å²) in [5, 5.41) is 10.5. The van der Waals surface area contributed by atoms with Gasteiger partial charge >= 0.3 is 0 Å². The lowest BCUT2D eigenvalue weighted by Crippen LogP contribution is -2.29. The average molecular weight is 262 g/mol. The van der Waals surface area contributed by atoms with E-state index in [9.17, 15) is 5.11 Å². The Morgan fingerprint density at radius 3 is 2.74 bits per heavy atom. The number of benzene rings is 1. The van der Waals surface area contributed by atoms with E-state index in [-0.39, 0.29) is 6.10 Å². The summed E-state index contributed by atoms with van der Waals surface area (Å²) in [5.74, 6) is 1.84. The summed E-state index contributed by atoms with van der Waals surface area (Å²) in [4.78, 5) is 0. The Morgan fingerprint density at radius 2 is 1.89 bits per heavy atom. The number of aliphatic hydroxyl groups is 1. The summed E-state index contributed by atoms with van der Waals surface area (Å²) in [6.07, 6.45) is 3.64. The molecule has 2 aliphatic heterocycles. The second kappa shape index (κ2) is 5.93. The molecule has 1 aromatic carbocycles. The van der Waals surface area contributed by atoms with Crippen molar-refractivity contribution in [1.82, 2.24) is 0 Å². The Bertz CT molecular complexity index is 412. The highest BCUT2D eigenvalue weighted by molar-refractivity contribution is 5.37. The Kier molecular flexibility index (Phi) is 4.04. The first-order valence-corrected chi connectivity index (χ1v) is 7.32. The van der Waals surface area contributed by atoms with Crippen molar-refractivity contribution in [3.8, 4) is 5.75 Å². The maximum absolute atomic E-state index is 10.5. The summed E-state index contributed by atoms with van der Waals surface area (Å²) in [6.45, 7) is 2.36. The van der Waals surface area contributed by atoms with Gasteiger partial charge in [0.25, 0.3) is 0 Å². The molecule has 1 aromatic rings. The van der Waals surface area contributed by atoms with Crippen molar-refractivity contribution >= 4 is 0 Å². The Morgan fingerprint density at radius 1 is 1.11 bits per heavy atom. The van der Waals surface area contributed by atoms with E-state index in [0.717, 1.165) is 51.3 Å². The number of ether oxygens (including phenoxy) is 2. The third-order valence-corrected chi connectivity index (χ3v) is 4.42. The highest BCUT2D eigenvalue weighted by atomic mass is 16.5. The van der Waals surface area contributed by atoms with E-state index in [4.69, 9.17) is 9.47 Å². The van der Waals surface area contributed by atoms with Crippen molar-refractivity contribution in [1.29, 1.82) is 0 Å². The largest absolute Gasteiger partial charge is 0.493 e. The van der Waals surface area contributed by atoms with Crippen LogP contribution in [0.3, 0.4) is 0 Å². The predicted octanol–water partition coefficient (Wildman–Crippen LogP) is 2.73. The summed E-state index contributed by atoms with van der Waals surface area (Å²) < 4.78 is 11.0. The van der Waals surface area contributed by atoms with Gasteiger partial charge in [-0.15, -0.1) is 0 Å². The molecule has 0 aliphatic carbocycles. The van der Waals surface area contributed by atoms with Crippen LogP contribution in [0, 0.1) is 5.92 Å². The van der Waals surface area contributed by atoms with Gasteiger partial charge in [-0.2, -0.15) is 0 Å². The minimum atomic E-state index is -0.208. The molecule has 2 atom stereocenters. The molecule has 1 fully saturated rings. The Balaban J connectivity index is 1.66. The molecule has 0 radical (unpaired) electrons. The van der Waals surface area contributed by atoms with Crippen LogP contribution in [0.5, 0.6) is 5.75 Å². The molecule has 104 valence electrons. The summed E-state index contributed by atoms with van der Waals surface area (Å²) in [7, 11) is 0. The first-order chi connectivity index (χ1) is 9.34. The molecule has 0 aromatic heterocycles. The zero-order valence-electron chi connectivity index (χ0n) is 11.3. The summed E-state index contributed by atoms with van der Waals surface area (Å²) >= 11 is 0. The number of rotatable bonds is 3. The van der Waals surface area contributed by atoms with Gasteiger partial charge in [0.2, 0.25) is 0 Å². The lowest BCUT2D eigenvalue weighted by atomic mass is 9.82. The standard InChI is InChI=1S/C16H22O3/c17-15(12-5-8-18-9-6-12)11-13-7-10-19-16-4-2-1-3-14(13)16/h1-4,12-13,15,17H,5-11H2. The second-order valence-corrected chi connectivity index (χ2v) is 5.62. The van der Waals surface area contributed by atoms with Gasteiger partial charge in [0.05, 0.1) is 12.7 Å². The molecule has 2 heterocycles. The van der Waals surface area contributed by atoms with Crippen LogP contribution >= 0.6 is 0 Å². The average Bonchev–Trinajstić information content (AvgIpc) is 2.48. The fraction of sp³-hybridized carbons (Fsp3) is 0.625. The van der Waals surface area contributed by atoms with Gasteiger partial charge in [0.1, 0.15) is 5.75 Å². The number of para-hydroxylation sites is 1. The van der Waals surface area contributed by atoms with Crippen LogP contribution < -0.4 is 4.74 Å². The third kappa shape index (κ3) is 2.93. The SMILES string of the molecule is OC(CC1CCOc2ccccc21)C1CCOCC1. The van der Waals surface area contributed by atoms with Crippen LogP contribution in [0.2, 0.25) is 0 Å². The van der Waals surface area contributed by atoms with Crippen LogP contribution in [-0.4, -0.2) is 31.0 Å². The molecule has 1 saturated heterocycles. The number of fused-ring (bicyclic) bond motifs is 1. The van der Waals surface area contributed by atoms with Crippen LogP contribution in [-0.2, 0) is 4.74 Å². The van der Waals surface area contributed by atoms with Crippen molar-refractivity contribution < 1.29 is 14.6 Å². The maximum Gasteiger partial charge on any atom is 0.122 e. The second-order valence-electron chi connectivity index (χ2n) is 5.62. The van der Waals surface area contributed by atoms with Gasteiger partial charge in [-0.05, 0) is 49.1 Å². The Hall–Kier alpha value is -1.06. The van der Waals surface area contributed by atoms with Crippen LogP contribution in [0.25, 0.3) is 0 Å². The van der Waals surface area contributed by atoms with Crippen molar-refractivity contribution in [3.05, 3.63) is 29.8 Å². The van der Waals surface area contributed by atoms with Gasteiger partial charge in [0.15, 0.2) is 0 Å². The molecule has 2 unspecified atom stereocenters. The van der Waals surface area contributed by atoms with Crippen LogP contribution in [0.15, 0.2) is 24.3 Å². The highest BCUT2D eigenvalue weighted by Crippen LogP contribution is 2.37. The van der Waals surface area contributed by atoms with E-state index in [1.165, 1.54) is 5.56 Å². The molecule has 3 rings (SSSR count). The third-order valence-electron chi connectivity index (χ3n) is 4.42. The van der Waals surface area contributed by atoms with Gasteiger partial charge in [0, 0.05) is 13.2 Å². The maximum atomic E-state index is 10.5. The zero-order chi connectivity index (χ0) is 13.1. The molecular weight excluding hydrogens is 240 g/mol. The Labute approximate surface area is 114 Å². The predicted molar refractivity (Wildman–Crippen MR) is 73.5 cm³/mol. The van der Waals surface area contributed by atoms with Crippen molar-refractivity contribution in [3.63, 3.8) is 0 Å². The van der Waals surface area contributed by atoms with E-state index in [2.05, 4.69) is 12.1 Å². The van der Waals surface area contributed by atoms with Gasteiger partial charge in [-0.25, -0.2) is 0 Å². The lowest BCUT2D eigenvalue weighted by Gasteiger charge is -2.32. The lowest BCUT2D eigenvalue weighted by molar-refractivity contribution is 0.000900. The normalized spacial score (nSPS) is 25.4. The minimum absolute atomic E-state index is 0.208. The zero-order valence-corrected chi connectivity index (χ0v) is 11.3. The minimum Gasteiger partial charge on any atom is -0.493 e. The molecule has 19 heavy (non-hydrogen) atoms. The van der Waals surface area contributed by atoms with Gasteiger partial charge < -0.3 is 14.6 Å². The fourth-order valence-electron chi connectivity index (χ4n) is 3.25. The van der Waals surface area contributed by atoms with Gasteiger partial charge in [-0.3, -0.25) is 0 Å². The molecule has 1 N–H and O–H groups in total. The monoisotopic (exact) mass is 262 g/mol. The quantitative estimate of drug-likeness (QED) is 0.910. The molecular formula is C16H22O3. The van der Waals surface area contributed by atoms with E-state index < -0.39 is 0 Å². The number of hydrogen-bond acceptors (Lipinski definition) is 3. The molecule has 0 amide bonds. The molecule has 3 nitrogen and oxygen atoms in total. The highest BCUT2D eigenvalue weighted by Gasteiger charge is 2.28. The number of aliphatic hydroxyl groups excluding tert-OH is 1. The summed E-state index contributed by atoms with van der Waals surface area (Å²) in [6, 6.07) is 8.23. The fourth-order valence-corrected chi connectivity index (χ4v) is 3.25. The number of hydrogen-bond donors (Lipinski definition) is 1. The van der Waals surface area contributed by atoms with E-state index in [1.807, 2.05) is 12.1 Å². The topological polar surface area (TPSA) is 38.7 Å². The van der Waals surface area contributed by atoms with Gasteiger partial charge in [-0.1, -0.05) is 18.2 Å². The van der Waals surface area contributed by atoms with Crippen LogP contribution in [0.4, 0.5) is 0 Å². The van der Waals surface area contributed by atoms with Crippen molar-refractivity contribution in [2.24, 2.45) is 5.92 Å². The first kappa shape index (κ1) is 12.9. The molecule has 0 bridgehead atoms.